The van der Waals surface area contributed by atoms with E-state index in [1.165, 1.54) is 7.11 Å². The number of hydrogen-bond acceptors (Lipinski definition) is 4. The van der Waals surface area contributed by atoms with Gasteiger partial charge in [-0.2, -0.15) is 0 Å². The fourth-order valence-electron chi connectivity index (χ4n) is 2.85. The highest BCUT2D eigenvalue weighted by Crippen LogP contribution is 2.17. The molecule has 2 aromatic carbocycles. The van der Waals surface area contributed by atoms with E-state index in [4.69, 9.17) is 4.74 Å². The fraction of sp³-hybridized carbons (Fsp3) is 0.364. The molecule has 2 N–H and O–H groups in total. The normalized spacial score (nSPS) is 11.6. The lowest BCUT2D eigenvalue weighted by Crippen LogP contribution is -2.50. The molecule has 6 nitrogen and oxygen atoms in total. The van der Waals surface area contributed by atoms with Crippen LogP contribution in [0.3, 0.4) is 0 Å². The summed E-state index contributed by atoms with van der Waals surface area (Å²) < 4.78 is 5.24. The van der Waals surface area contributed by atoms with Crippen LogP contribution in [-0.4, -0.2) is 45.1 Å². The number of nitrogens with one attached hydrogen (secondary N) is 2. The summed E-state index contributed by atoms with van der Waals surface area (Å²) >= 11 is 0. The number of ether oxygens (including phenoxy) is 1. The Morgan fingerprint density at radius 3 is 2.32 bits per heavy atom. The van der Waals surface area contributed by atoms with Crippen molar-refractivity contribution in [1.82, 2.24) is 10.6 Å². The number of likely N-dealkylation sites (N-methyl/N-ethyl adjacent to an activating group) is 1. The van der Waals surface area contributed by atoms with Gasteiger partial charge < -0.3 is 20.3 Å². The van der Waals surface area contributed by atoms with Gasteiger partial charge in [0.1, 0.15) is 11.8 Å². The molecule has 0 radical (unpaired) electrons. The van der Waals surface area contributed by atoms with Crippen molar-refractivity contribution >= 4 is 17.5 Å². The van der Waals surface area contributed by atoms with Crippen molar-refractivity contribution in [2.45, 2.75) is 19.9 Å². The third kappa shape index (κ3) is 5.74. The van der Waals surface area contributed by atoms with Gasteiger partial charge >= 0.3 is 0 Å². The third-order valence-electron chi connectivity index (χ3n) is 4.53. The molecule has 0 aliphatic rings. The number of anilines is 1. The van der Waals surface area contributed by atoms with Crippen LogP contribution in [0.15, 0.2) is 54.6 Å². The highest BCUT2D eigenvalue weighted by molar-refractivity contribution is 5.99. The van der Waals surface area contributed by atoms with Gasteiger partial charge in [0.2, 0.25) is 5.91 Å². The van der Waals surface area contributed by atoms with Crippen LogP contribution in [0.1, 0.15) is 24.2 Å². The molecule has 0 aliphatic heterocycles. The molecule has 0 aromatic heterocycles. The molecule has 150 valence electrons. The molecular weight excluding hydrogens is 354 g/mol. The molecule has 1 unspecified atom stereocenters. The van der Waals surface area contributed by atoms with E-state index in [9.17, 15) is 9.59 Å². The molecule has 0 fully saturated rings. The molecule has 2 aromatic rings. The smallest absolute Gasteiger partial charge is 0.255 e. The van der Waals surface area contributed by atoms with Crippen LogP contribution in [0.2, 0.25) is 0 Å². The SMILES string of the molecule is COc1ccccc1C(=O)NC(C(=O)NCCN(C)c1ccccc1)C(C)C. The molecule has 28 heavy (non-hydrogen) atoms. The second-order valence-electron chi connectivity index (χ2n) is 6.94. The van der Waals surface area contributed by atoms with Crippen LogP contribution in [0.4, 0.5) is 5.69 Å². The Morgan fingerprint density at radius 1 is 1.04 bits per heavy atom. The maximum absolute atomic E-state index is 12.6. The number of carbonyl (C=O) groups is 2. The summed E-state index contributed by atoms with van der Waals surface area (Å²) in [6.07, 6.45) is 0. The van der Waals surface area contributed by atoms with Gasteiger partial charge in [0.25, 0.3) is 5.91 Å². The maximum Gasteiger partial charge on any atom is 0.255 e. The summed E-state index contributed by atoms with van der Waals surface area (Å²) in [4.78, 5) is 27.3. The van der Waals surface area contributed by atoms with Crippen LogP contribution in [0, 0.1) is 5.92 Å². The summed E-state index contributed by atoms with van der Waals surface area (Å²) in [6.45, 7) is 4.96. The van der Waals surface area contributed by atoms with E-state index in [1.54, 1.807) is 24.3 Å². The van der Waals surface area contributed by atoms with Gasteiger partial charge in [-0.05, 0) is 30.2 Å². The summed E-state index contributed by atoms with van der Waals surface area (Å²) in [7, 11) is 3.49. The van der Waals surface area contributed by atoms with Crippen molar-refractivity contribution in [1.29, 1.82) is 0 Å². The Kier molecular flexibility index (Phi) is 7.87. The van der Waals surface area contributed by atoms with E-state index in [-0.39, 0.29) is 17.7 Å². The molecule has 0 aliphatic carbocycles. The second kappa shape index (κ2) is 10.3. The fourth-order valence-corrected chi connectivity index (χ4v) is 2.85. The molecule has 0 saturated carbocycles. The molecule has 0 saturated heterocycles. The minimum atomic E-state index is -0.626. The van der Waals surface area contributed by atoms with Crippen LogP contribution in [0.25, 0.3) is 0 Å². The van der Waals surface area contributed by atoms with Gasteiger partial charge in [-0.1, -0.05) is 44.2 Å². The van der Waals surface area contributed by atoms with E-state index >= 15 is 0 Å². The molecular formula is C22H29N3O3. The molecule has 0 spiro atoms. The third-order valence-corrected chi connectivity index (χ3v) is 4.53. The largest absolute Gasteiger partial charge is 0.496 e. The van der Waals surface area contributed by atoms with Crippen LogP contribution in [0.5, 0.6) is 5.75 Å². The van der Waals surface area contributed by atoms with E-state index in [0.717, 1.165) is 5.69 Å². The number of nitrogens with zero attached hydrogens (tertiary/aromatic N) is 1. The van der Waals surface area contributed by atoms with E-state index < -0.39 is 6.04 Å². The second-order valence-corrected chi connectivity index (χ2v) is 6.94. The van der Waals surface area contributed by atoms with Crippen molar-refractivity contribution in [3.05, 3.63) is 60.2 Å². The number of rotatable bonds is 9. The van der Waals surface area contributed by atoms with Gasteiger partial charge in [0, 0.05) is 25.8 Å². The highest BCUT2D eigenvalue weighted by Gasteiger charge is 2.25. The lowest BCUT2D eigenvalue weighted by atomic mass is 10.0. The van der Waals surface area contributed by atoms with Crippen LogP contribution in [-0.2, 0) is 4.79 Å². The van der Waals surface area contributed by atoms with Gasteiger partial charge in [-0.15, -0.1) is 0 Å². The first-order valence-electron chi connectivity index (χ1n) is 9.41. The van der Waals surface area contributed by atoms with E-state index in [1.807, 2.05) is 51.2 Å². The first kappa shape index (κ1) is 21.3. The van der Waals surface area contributed by atoms with E-state index in [0.29, 0.717) is 24.4 Å². The number of amides is 2. The molecule has 2 rings (SSSR count). The van der Waals surface area contributed by atoms with E-state index in [2.05, 4.69) is 15.5 Å². The molecule has 0 heterocycles. The average Bonchev–Trinajstić information content (AvgIpc) is 2.71. The quantitative estimate of drug-likeness (QED) is 0.698. The van der Waals surface area contributed by atoms with Crippen molar-refractivity contribution < 1.29 is 14.3 Å². The zero-order valence-corrected chi connectivity index (χ0v) is 16.9. The van der Waals surface area contributed by atoms with Gasteiger partial charge in [0.05, 0.1) is 12.7 Å². The lowest BCUT2D eigenvalue weighted by Gasteiger charge is -2.24. The monoisotopic (exact) mass is 383 g/mol. The average molecular weight is 383 g/mol. The zero-order chi connectivity index (χ0) is 20.5. The predicted molar refractivity (Wildman–Crippen MR) is 112 cm³/mol. The summed E-state index contributed by atoms with van der Waals surface area (Å²) in [5, 5.41) is 5.76. The van der Waals surface area contributed by atoms with Crippen molar-refractivity contribution in [3.63, 3.8) is 0 Å². The molecule has 6 heteroatoms. The number of methoxy groups -OCH3 is 1. The Balaban J connectivity index is 1.93. The molecule has 0 bridgehead atoms. The lowest BCUT2D eigenvalue weighted by molar-refractivity contribution is -0.123. The Bertz CT molecular complexity index is 778. The van der Waals surface area contributed by atoms with Crippen molar-refractivity contribution in [2.24, 2.45) is 5.92 Å². The first-order chi connectivity index (χ1) is 13.4. The Labute approximate surface area is 166 Å². The number of hydrogen-bond donors (Lipinski definition) is 2. The zero-order valence-electron chi connectivity index (χ0n) is 16.9. The van der Waals surface area contributed by atoms with Crippen molar-refractivity contribution in [3.8, 4) is 5.75 Å². The topological polar surface area (TPSA) is 70.7 Å². The minimum Gasteiger partial charge on any atom is -0.496 e. The predicted octanol–water partition coefficient (Wildman–Crippen LogP) is 2.70. The number of carbonyl (C=O) groups excluding carboxylic acids is 2. The Morgan fingerprint density at radius 2 is 1.68 bits per heavy atom. The number of benzene rings is 2. The van der Waals surface area contributed by atoms with Crippen LogP contribution < -0.4 is 20.3 Å². The van der Waals surface area contributed by atoms with Gasteiger partial charge in [0.15, 0.2) is 0 Å². The van der Waals surface area contributed by atoms with Crippen LogP contribution >= 0.6 is 0 Å². The summed E-state index contributed by atoms with van der Waals surface area (Å²) in [5.41, 5.74) is 1.49. The standard InChI is InChI=1S/C22H29N3O3/c1-16(2)20(24-21(26)18-12-8-9-13-19(18)28-4)22(27)23-14-15-25(3)17-10-6-5-7-11-17/h5-13,16,20H,14-15H2,1-4H3,(H,23,27)(H,24,26). The minimum absolute atomic E-state index is 0.0505. The number of para-hydroxylation sites is 2. The molecule has 1 atom stereocenters. The summed E-state index contributed by atoms with van der Waals surface area (Å²) in [6, 6.07) is 16.3. The first-order valence-corrected chi connectivity index (χ1v) is 9.41. The van der Waals surface area contributed by atoms with Crippen molar-refractivity contribution in [2.75, 3.05) is 32.1 Å². The summed E-state index contributed by atoms with van der Waals surface area (Å²) in [5.74, 6) is -0.0923. The maximum atomic E-state index is 12.6. The van der Waals surface area contributed by atoms with Gasteiger partial charge in [-0.25, -0.2) is 0 Å². The van der Waals surface area contributed by atoms with Gasteiger partial charge in [-0.3, -0.25) is 9.59 Å². The highest BCUT2D eigenvalue weighted by atomic mass is 16.5. The molecule has 2 amide bonds. The Hall–Kier alpha value is -3.02.